The summed E-state index contributed by atoms with van der Waals surface area (Å²) < 4.78 is 26.4. The van der Waals surface area contributed by atoms with Crippen LogP contribution in [0.15, 0.2) is 0 Å². The second kappa shape index (κ2) is 6.37. The standard InChI is InChI=1S/C13H23F2NS/c14-13(15)6-3-4-11(8-13)9-16-10-12-5-1-2-7-17-12/h11-12,16H,1-10H2. The molecule has 1 aliphatic heterocycles. The van der Waals surface area contributed by atoms with Crippen LogP contribution in [0.3, 0.4) is 0 Å². The molecule has 1 heterocycles. The Kier molecular flexibility index (Phi) is 5.10. The van der Waals surface area contributed by atoms with Gasteiger partial charge in [-0.15, -0.1) is 0 Å². The molecule has 0 aromatic heterocycles. The largest absolute Gasteiger partial charge is 0.315 e. The van der Waals surface area contributed by atoms with Gasteiger partial charge >= 0.3 is 0 Å². The maximum absolute atomic E-state index is 13.2. The lowest BCUT2D eigenvalue weighted by molar-refractivity contribution is -0.0519. The fourth-order valence-corrected chi connectivity index (χ4v) is 4.14. The van der Waals surface area contributed by atoms with Gasteiger partial charge in [-0.1, -0.05) is 6.42 Å². The molecule has 0 spiro atoms. The van der Waals surface area contributed by atoms with Crippen molar-refractivity contribution >= 4 is 11.8 Å². The summed E-state index contributed by atoms with van der Waals surface area (Å²) in [5.41, 5.74) is 0. The average molecular weight is 263 g/mol. The highest BCUT2D eigenvalue weighted by atomic mass is 32.2. The van der Waals surface area contributed by atoms with Crippen LogP contribution in [0, 0.1) is 5.92 Å². The van der Waals surface area contributed by atoms with E-state index in [2.05, 4.69) is 5.32 Å². The van der Waals surface area contributed by atoms with Gasteiger partial charge in [-0.2, -0.15) is 11.8 Å². The van der Waals surface area contributed by atoms with Crippen LogP contribution in [-0.2, 0) is 0 Å². The molecule has 0 aromatic carbocycles. The molecule has 1 nitrogen and oxygen atoms in total. The van der Waals surface area contributed by atoms with Crippen LogP contribution in [0.1, 0.15) is 44.9 Å². The summed E-state index contributed by atoms with van der Waals surface area (Å²) in [7, 11) is 0. The Hall–Kier alpha value is 0.170. The predicted molar refractivity (Wildman–Crippen MR) is 69.9 cm³/mol. The zero-order chi connectivity index (χ0) is 12.1. The van der Waals surface area contributed by atoms with Crippen LogP contribution in [-0.4, -0.2) is 30.0 Å². The smallest absolute Gasteiger partial charge is 0.248 e. The minimum absolute atomic E-state index is 0.0950. The summed E-state index contributed by atoms with van der Waals surface area (Å²) in [6.07, 6.45) is 5.83. The molecule has 2 fully saturated rings. The lowest BCUT2D eigenvalue weighted by atomic mass is 9.86. The van der Waals surface area contributed by atoms with Crippen LogP contribution in [0.2, 0.25) is 0 Å². The van der Waals surface area contributed by atoms with Crippen molar-refractivity contribution < 1.29 is 8.78 Å². The van der Waals surface area contributed by atoms with E-state index in [1.807, 2.05) is 11.8 Å². The van der Waals surface area contributed by atoms with E-state index in [0.717, 1.165) is 19.5 Å². The maximum Gasteiger partial charge on any atom is 0.248 e. The SMILES string of the molecule is FC1(F)CCCC(CNCC2CCCCS2)C1. The predicted octanol–water partition coefficient (Wildman–Crippen LogP) is 3.69. The quantitative estimate of drug-likeness (QED) is 0.830. The summed E-state index contributed by atoms with van der Waals surface area (Å²) >= 11 is 2.04. The molecule has 17 heavy (non-hydrogen) atoms. The summed E-state index contributed by atoms with van der Waals surface area (Å²) in [5.74, 6) is -0.940. The Morgan fingerprint density at radius 3 is 2.71 bits per heavy atom. The first-order valence-corrected chi connectivity index (χ1v) is 7.91. The maximum atomic E-state index is 13.2. The van der Waals surface area contributed by atoms with Gasteiger partial charge in [0.15, 0.2) is 0 Å². The summed E-state index contributed by atoms with van der Waals surface area (Å²) in [5, 5.41) is 4.12. The lowest BCUT2D eigenvalue weighted by Gasteiger charge is -2.30. The van der Waals surface area contributed by atoms with Gasteiger partial charge in [0.1, 0.15) is 0 Å². The van der Waals surface area contributed by atoms with Crippen LogP contribution in [0.25, 0.3) is 0 Å². The fourth-order valence-electron chi connectivity index (χ4n) is 2.87. The Morgan fingerprint density at radius 2 is 2.00 bits per heavy atom. The minimum Gasteiger partial charge on any atom is -0.315 e. The van der Waals surface area contributed by atoms with Crippen molar-refractivity contribution in [2.45, 2.75) is 56.1 Å². The topological polar surface area (TPSA) is 12.0 Å². The van der Waals surface area contributed by atoms with E-state index in [1.165, 1.54) is 25.0 Å². The zero-order valence-corrected chi connectivity index (χ0v) is 11.2. The van der Waals surface area contributed by atoms with Crippen molar-refractivity contribution in [1.82, 2.24) is 5.32 Å². The Morgan fingerprint density at radius 1 is 1.12 bits per heavy atom. The summed E-state index contributed by atoms with van der Waals surface area (Å²) in [6, 6.07) is 0. The molecule has 1 aliphatic carbocycles. The first kappa shape index (κ1) is 13.6. The van der Waals surface area contributed by atoms with Gasteiger partial charge in [-0.05, 0) is 43.9 Å². The van der Waals surface area contributed by atoms with Crippen LogP contribution in [0.4, 0.5) is 8.78 Å². The van der Waals surface area contributed by atoms with Gasteiger partial charge in [-0.25, -0.2) is 8.78 Å². The van der Waals surface area contributed by atoms with E-state index in [4.69, 9.17) is 0 Å². The van der Waals surface area contributed by atoms with Crippen molar-refractivity contribution in [3.05, 3.63) is 0 Å². The van der Waals surface area contributed by atoms with Gasteiger partial charge in [0, 0.05) is 24.6 Å². The van der Waals surface area contributed by atoms with Gasteiger partial charge in [0.05, 0.1) is 0 Å². The van der Waals surface area contributed by atoms with E-state index in [9.17, 15) is 8.78 Å². The van der Waals surface area contributed by atoms with Gasteiger partial charge in [0.25, 0.3) is 0 Å². The van der Waals surface area contributed by atoms with Crippen molar-refractivity contribution in [3.8, 4) is 0 Å². The molecule has 0 bridgehead atoms. The molecule has 1 N–H and O–H groups in total. The molecule has 2 unspecified atom stereocenters. The summed E-state index contributed by atoms with van der Waals surface area (Å²) in [6.45, 7) is 1.79. The van der Waals surface area contributed by atoms with Crippen LogP contribution >= 0.6 is 11.8 Å². The Bertz CT molecular complexity index is 229. The van der Waals surface area contributed by atoms with Crippen molar-refractivity contribution in [2.24, 2.45) is 5.92 Å². The highest BCUT2D eigenvalue weighted by molar-refractivity contribution is 7.99. The van der Waals surface area contributed by atoms with Gasteiger partial charge in [0.2, 0.25) is 5.92 Å². The number of thioether (sulfide) groups is 1. The average Bonchev–Trinajstić information content (AvgIpc) is 2.29. The fraction of sp³-hybridized carbons (Fsp3) is 1.00. The second-order valence-electron chi connectivity index (χ2n) is 5.47. The highest BCUT2D eigenvalue weighted by Crippen LogP contribution is 2.36. The van der Waals surface area contributed by atoms with E-state index in [0.29, 0.717) is 11.7 Å². The Balaban J connectivity index is 1.61. The van der Waals surface area contributed by atoms with E-state index < -0.39 is 5.92 Å². The van der Waals surface area contributed by atoms with Gasteiger partial charge in [-0.3, -0.25) is 0 Å². The van der Waals surface area contributed by atoms with Crippen molar-refractivity contribution in [2.75, 3.05) is 18.8 Å². The Labute approximate surface area is 107 Å². The van der Waals surface area contributed by atoms with E-state index in [1.54, 1.807) is 0 Å². The molecule has 2 aliphatic rings. The molecule has 0 amide bonds. The summed E-state index contributed by atoms with van der Waals surface area (Å²) in [4.78, 5) is 0. The number of halogens is 2. The first-order chi connectivity index (χ1) is 8.16. The molecule has 100 valence electrons. The molecule has 0 radical (unpaired) electrons. The van der Waals surface area contributed by atoms with E-state index in [-0.39, 0.29) is 18.8 Å². The number of hydrogen-bond donors (Lipinski definition) is 1. The first-order valence-electron chi connectivity index (χ1n) is 6.86. The van der Waals surface area contributed by atoms with Crippen molar-refractivity contribution in [3.63, 3.8) is 0 Å². The molecule has 2 atom stereocenters. The molecular weight excluding hydrogens is 240 g/mol. The molecule has 4 heteroatoms. The lowest BCUT2D eigenvalue weighted by Crippen LogP contribution is -2.35. The molecular formula is C13H23F2NS. The molecule has 2 rings (SSSR count). The number of hydrogen-bond acceptors (Lipinski definition) is 2. The number of alkyl halides is 2. The zero-order valence-electron chi connectivity index (χ0n) is 10.4. The number of rotatable bonds is 4. The second-order valence-corrected chi connectivity index (χ2v) is 6.87. The third-order valence-electron chi connectivity index (χ3n) is 3.82. The van der Waals surface area contributed by atoms with Crippen LogP contribution < -0.4 is 5.32 Å². The number of nitrogens with one attached hydrogen (secondary N) is 1. The molecule has 1 saturated heterocycles. The third-order valence-corrected chi connectivity index (χ3v) is 5.22. The molecule has 0 aromatic rings. The van der Waals surface area contributed by atoms with E-state index >= 15 is 0 Å². The molecule has 1 saturated carbocycles. The van der Waals surface area contributed by atoms with Gasteiger partial charge < -0.3 is 5.32 Å². The normalized spacial score (nSPS) is 33.5. The van der Waals surface area contributed by atoms with Crippen molar-refractivity contribution in [1.29, 1.82) is 0 Å². The minimum atomic E-state index is -2.40. The monoisotopic (exact) mass is 263 g/mol. The van der Waals surface area contributed by atoms with Crippen LogP contribution in [0.5, 0.6) is 0 Å². The highest BCUT2D eigenvalue weighted by Gasteiger charge is 2.35. The third kappa shape index (κ3) is 4.74.